The number of benzene rings is 3. The van der Waals surface area contributed by atoms with E-state index in [1.165, 1.54) is 28.8 Å². The molecule has 1 aliphatic rings. The fourth-order valence-electron chi connectivity index (χ4n) is 4.60. The maximum absolute atomic E-state index is 13.9. The Hall–Kier alpha value is -4.11. The number of nitrogens with zero attached hydrogens (tertiary/aromatic N) is 3. The molecular weight excluding hydrogens is 515 g/mol. The van der Waals surface area contributed by atoms with Crippen LogP contribution in [0.2, 0.25) is 0 Å². The molecule has 39 heavy (non-hydrogen) atoms. The summed E-state index contributed by atoms with van der Waals surface area (Å²) in [5.41, 5.74) is 3.92. The van der Waals surface area contributed by atoms with Gasteiger partial charge in [-0.1, -0.05) is 49.4 Å². The second kappa shape index (κ2) is 11.7. The van der Waals surface area contributed by atoms with E-state index in [1.807, 2.05) is 61.5 Å². The summed E-state index contributed by atoms with van der Waals surface area (Å²) in [6, 6.07) is 23.5. The molecular formula is C30H29FN4O3S. The van der Waals surface area contributed by atoms with Crippen LogP contribution in [0.5, 0.6) is 5.75 Å². The molecule has 200 valence electrons. The van der Waals surface area contributed by atoms with Gasteiger partial charge in [0.05, 0.1) is 29.5 Å². The van der Waals surface area contributed by atoms with E-state index < -0.39 is 0 Å². The van der Waals surface area contributed by atoms with Crippen LogP contribution in [0, 0.1) is 5.82 Å². The second-order valence-corrected chi connectivity index (χ2v) is 10.2. The summed E-state index contributed by atoms with van der Waals surface area (Å²) in [4.78, 5) is 28.1. The van der Waals surface area contributed by atoms with Crippen LogP contribution in [0.3, 0.4) is 0 Å². The van der Waals surface area contributed by atoms with Crippen molar-refractivity contribution in [1.82, 2.24) is 15.1 Å². The molecule has 1 unspecified atom stereocenters. The third-order valence-electron chi connectivity index (χ3n) is 6.50. The SMILES string of the molecule is CCCNC(=O)CN1C(=O)CSC(c2ccc(F)cc2)c2c(-c3ccccc3)nn(-c3ccc(OC)cc3)c21. The largest absolute Gasteiger partial charge is 0.497 e. The Kier molecular flexibility index (Phi) is 7.97. The predicted octanol–water partition coefficient (Wildman–Crippen LogP) is 5.38. The minimum Gasteiger partial charge on any atom is -0.497 e. The van der Waals surface area contributed by atoms with Gasteiger partial charge >= 0.3 is 0 Å². The topological polar surface area (TPSA) is 76.5 Å². The van der Waals surface area contributed by atoms with Gasteiger partial charge in [0.1, 0.15) is 23.9 Å². The molecule has 1 aliphatic heterocycles. The lowest BCUT2D eigenvalue weighted by Gasteiger charge is -2.23. The number of methoxy groups -OCH3 is 1. The van der Waals surface area contributed by atoms with Gasteiger partial charge in [-0.05, 0) is 48.4 Å². The number of nitrogens with one attached hydrogen (secondary N) is 1. The Labute approximate surface area is 231 Å². The summed E-state index contributed by atoms with van der Waals surface area (Å²) >= 11 is 1.45. The van der Waals surface area contributed by atoms with Gasteiger partial charge in [0.15, 0.2) is 0 Å². The van der Waals surface area contributed by atoms with Gasteiger partial charge in [0, 0.05) is 17.7 Å². The maximum Gasteiger partial charge on any atom is 0.240 e. The molecule has 3 aromatic carbocycles. The standard InChI is InChI=1S/C30H29FN4O3S/c1-3-17-32-25(36)18-34-26(37)19-39-29(21-9-11-22(31)12-10-21)27-28(20-7-5-4-6-8-20)33-35(30(27)34)23-13-15-24(38-2)16-14-23/h4-16,29H,3,17-19H2,1-2H3,(H,32,36). The molecule has 1 atom stereocenters. The number of halogens is 1. The van der Waals surface area contributed by atoms with Gasteiger partial charge < -0.3 is 10.1 Å². The summed E-state index contributed by atoms with van der Waals surface area (Å²) in [6.07, 6.45) is 0.787. The first-order chi connectivity index (χ1) is 19.0. The van der Waals surface area contributed by atoms with E-state index in [0.717, 1.165) is 23.1 Å². The van der Waals surface area contributed by atoms with Gasteiger partial charge in [-0.2, -0.15) is 5.10 Å². The lowest BCUT2D eigenvalue weighted by atomic mass is 9.99. The summed E-state index contributed by atoms with van der Waals surface area (Å²) in [5, 5.41) is 7.60. The fraction of sp³-hybridized carbons (Fsp3) is 0.233. The molecule has 0 bridgehead atoms. The molecule has 5 rings (SSSR count). The molecule has 1 N–H and O–H groups in total. The minimum atomic E-state index is -0.333. The van der Waals surface area contributed by atoms with Crippen molar-refractivity contribution >= 4 is 29.4 Å². The van der Waals surface area contributed by atoms with Crippen molar-refractivity contribution in [3.8, 4) is 22.7 Å². The van der Waals surface area contributed by atoms with E-state index in [2.05, 4.69) is 5.32 Å². The summed E-state index contributed by atoms with van der Waals surface area (Å²) < 4.78 is 21.0. The zero-order chi connectivity index (χ0) is 27.4. The number of rotatable bonds is 8. The Morgan fingerprint density at radius 1 is 1.08 bits per heavy atom. The number of anilines is 1. The van der Waals surface area contributed by atoms with Gasteiger partial charge in [-0.25, -0.2) is 9.07 Å². The molecule has 2 amide bonds. The Morgan fingerprint density at radius 3 is 2.46 bits per heavy atom. The molecule has 2 heterocycles. The normalized spacial score (nSPS) is 15.0. The van der Waals surface area contributed by atoms with Gasteiger partial charge in [-0.15, -0.1) is 11.8 Å². The summed E-state index contributed by atoms with van der Waals surface area (Å²) in [7, 11) is 1.60. The Balaban J connectivity index is 1.77. The maximum atomic E-state index is 13.9. The van der Waals surface area contributed by atoms with E-state index in [1.54, 1.807) is 23.9 Å². The molecule has 9 heteroatoms. The number of fused-ring (bicyclic) bond motifs is 1. The number of amides is 2. The highest BCUT2D eigenvalue weighted by molar-refractivity contribution is 8.00. The molecule has 0 aliphatic carbocycles. The van der Waals surface area contributed by atoms with Crippen molar-refractivity contribution in [2.45, 2.75) is 18.6 Å². The van der Waals surface area contributed by atoms with Crippen molar-refractivity contribution < 1.29 is 18.7 Å². The third-order valence-corrected chi connectivity index (χ3v) is 7.75. The number of ether oxygens (including phenoxy) is 1. The van der Waals surface area contributed by atoms with Crippen LogP contribution in [0.15, 0.2) is 78.9 Å². The van der Waals surface area contributed by atoms with E-state index in [4.69, 9.17) is 9.84 Å². The molecule has 0 saturated heterocycles. The predicted molar refractivity (Wildman–Crippen MR) is 152 cm³/mol. The van der Waals surface area contributed by atoms with E-state index in [9.17, 15) is 14.0 Å². The van der Waals surface area contributed by atoms with Crippen LogP contribution in [0.4, 0.5) is 10.2 Å². The third kappa shape index (κ3) is 5.54. The first kappa shape index (κ1) is 26.5. The van der Waals surface area contributed by atoms with Crippen molar-refractivity contribution in [3.63, 3.8) is 0 Å². The Bertz CT molecular complexity index is 1460. The van der Waals surface area contributed by atoms with Crippen molar-refractivity contribution in [3.05, 3.63) is 95.8 Å². The fourth-order valence-corrected chi connectivity index (χ4v) is 5.79. The molecule has 7 nitrogen and oxygen atoms in total. The van der Waals surface area contributed by atoms with Gasteiger partial charge in [0.25, 0.3) is 0 Å². The molecule has 0 fully saturated rings. The monoisotopic (exact) mass is 544 g/mol. The first-order valence-corrected chi connectivity index (χ1v) is 13.8. The van der Waals surface area contributed by atoms with Crippen LogP contribution in [-0.4, -0.2) is 47.5 Å². The van der Waals surface area contributed by atoms with E-state index in [0.29, 0.717) is 29.5 Å². The molecule has 0 radical (unpaired) electrons. The second-order valence-electron chi connectivity index (χ2n) is 9.13. The van der Waals surface area contributed by atoms with Gasteiger partial charge in [-0.3, -0.25) is 14.5 Å². The minimum absolute atomic E-state index is 0.140. The van der Waals surface area contributed by atoms with Crippen molar-refractivity contribution in [1.29, 1.82) is 0 Å². The molecule has 1 aromatic heterocycles. The van der Waals surface area contributed by atoms with Crippen LogP contribution < -0.4 is 15.0 Å². The zero-order valence-corrected chi connectivity index (χ0v) is 22.6. The van der Waals surface area contributed by atoms with Crippen LogP contribution in [-0.2, 0) is 9.59 Å². The van der Waals surface area contributed by atoms with E-state index in [-0.39, 0.29) is 35.2 Å². The Morgan fingerprint density at radius 2 is 1.79 bits per heavy atom. The molecule has 0 spiro atoms. The van der Waals surface area contributed by atoms with Gasteiger partial charge in [0.2, 0.25) is 11.8 Å². The number of hydrogen-bond acceptors (Lipinski definition) is 5. The number of aromatic nitrogens is 2. The van der Waals surface area contributed by atoms with Crippen molar-refractivity contribution in [2.75, 3.05) is 30.9 Å². The smallest absolute Gasteiger partial charge is 0.240 e. The van der Waals surface area contributed by atoms with Crippen LogP contribution in [0.1, 0.15) is 29.7 Å². The number of carbonyl (C=O) groups is 2. The summed E-state index contributed by atoms with van der Waals surface area (Å²) in [5.74, 6) is 0.577. The zero-order valence-electron chi connectivity index (χ0n) is 21.8. The number of carbonyl (C=O) groups excluding carboxylic acids is 2. The highest BCUT2D eigenvalue weighted by Gasteiger charge is 2.37. The first-order valence-electron chi connectivity index (χ1n) is 12.8. The highest BCUT2D eigenvalue weighted by Crippen LogP contribution is 2.48. The number of thioether (sulfide) groups is 1. The molecule has 4 aromatic rings. The van der Waals surface area contributed by atoms with E-state index >= 15 is 0 Å². The van der Waals surface area contributed by atoms with Crippen LogP contribution >= 0.6 is 11.8 Å². The lowest BCUT2D eigenvalue weighted by molar-refractivity contribution is -0.122. The quantitative estimate of drug-likeness (QED) is 0.322. The number of hydrogen-bond donors (Lipinski definition) is 1. The summed E-state index contributed by atoms with van der Waals surface area (Å²) in [6.45, 7) is 2.36. The lowest BCUT2D eigenvalue weighted by Crippen LogP contribution is -2.42. The molecule has 0 saturated carbocycles. The average molecular weight is 545 g/mol. The van der Waals surface area contributed by atoms with Crippen molar-refractivity contribution in [2.24, 2.45) is 0 Å². The van der Waals surface area contributed by atoms with Crippen LogP contribution in [0.25, 0.3) is 16.9 Å². The average Bonchev–Trinajstić information content (AvgIpc) is 3.29. The highest BCUT2D eigenvalue weighted by atomic mass is 32.2.